The van der Waals surface area contributed by atoms with E-state index in [2.05, 4.69) is 10.1 Å². The normalized spacial score (nSPS) is 12.5. The average molecular weight is 400 g/mol. The molecule has 0 radical (unpaired) electrons. The van der Waals surface area contributed by atoms with Gasteiger partial charge in [-0.25, -0.2) is 4.79 Å². The van der Waals surface area contributed by atoms with Crippen molar-refractivity contribution in [1.82, 2.24) is 5.32 Å². The molecule has 0 saturated heterocycles. The Morgan fingerprint density at radius 2 is 1.86 bits per heavy atom. The molecule has 0 aromatic heterocycles. The third kappa shape index (κ3) is 5.78. The van der Waals surface area contributed by atoms with Gasteiger partial charge in [-0.15, -0.1) is 0 Å². The quantitative estimate of drug-likeness (QED) is 0.390. The van der Waals surface area contributed by atoms with Gasteiger partial charge in [0.2, 0.25) is 0 Å². The van der Waals surface area contributed by atoms with Crippen molar-refractivity contribution >= 4 is 17.6 Å². The zero-order valence-electron chi connectivity index (χ0n) is 16.6. The molecule has 0 aliphatic rings. The van der Waals surface area contributed by atoms with Gasteiger partial charge >= 0.3 is 11.7 Å². The van der Waals surface area contributed by atoms with Crippen LogP contribution in [0.1, 0.15) is 48.7 Å². The van der Waals surface area contributed by atoms with Crippen molar-refractivity contribution in [2.45, 2.75) is 38.8 Å². The van der Waals surface area contributed by atoms with Crippen LogP contribution in [0.25, 0.3) is 0 Å². The van der Waals surface area contributed by atoms with E-state index in [-0.39, 0.29) is 17.4 Å². The van der Waals surface area contributed by atoms with E-state index in [1.807, 2.05) is 37.3 Å². The van der Waals surface area contributed by atoms with E-state index in [0.29, 0.717) is 0 Å². The van der Waals surface area contributed by atoms with Crippen molar-refractivity contribution < 1.29 is 24.0 Å². The van der Waals surface area contributed by atoms with E-state index < -0.39 is 28.6 Å². The predicted molar refractivity (Wildman–Crippen MR) is 107 cm³/mol. The number of carbonyl (C=O) groups excluding carboxylic acids is 2. The van der Waals surface area contributed by atoms with Crippen LogP contribution in [-0.4, -0.2) is 30.0 Å². The molecule has 0 aliphatic heterocycles. The lowest BCUT2D eigenvalue weighted by molar-refractivity contribution is -0.386. The smallest absolute Gasteiger partial charge is 0.338 e. The maximum atomic E-state index is 12.6. The van der Waals surface area contributed by atoms with E-state index >= 15 is 0 Å². The minimum absolute atomic E-state index is 0.0238. The Labute approximate surface area is 169 Å². The molecule has 0 heterocycles. The number of hydrogen-bond donors (Lipinski definition) is 1. The summed E-state index contributed by atoms with van der Waals surface area (Å²) < 4.78 is 10.1. The SMILES string of the molecule is CCC[C@@H](NC(=O)[C@@H](C)Oc1ccc(C(=O)OC)cc1[N+](=O)[O-])c1ccccc1. The van der Waals surface area contributed by atoms with Crippen LogP contribution in [-0.2, 0) is 9.53 Å². The lowest BCUT2D eigenvalue weighted by atomic mass is 10.0. The molecule has 0 saturated carbocycles. The van der Waals surface area contributed by atoms with Crippen LogP contribution in [0.5, 0.6) is 5.75 Å². The summed E-state index contributed by atoms with van der Waals surface area (Å²) in [5, 5.41) is 14.3. The summed E-state index contributed by atoms with van der Waals surface area (Å²) in [5.74, 6) is -1.19. The molecule has 2 aromatic carbocycles. The fraction of sp³-hybridized carbons (Fsp3) is 0.333. The largest absolute Gasteiger partial charge is 0.474 e. The zero-order chi connectivity index (χ0) is 21.4. The first-order valence-electron chi connectivity index (χ1n) is 9.26. The van der Waals surface area contributed by atoms with E-state index in [4.69, 9.17) is 4.74 Å². The van der Waals surface area contributed by atoms with Crippen LogP contribution in [0, 0.1) is 10.1 Å². The van der Waals surface area contributed by atoms with Gasteiger partial charge in [0.05, 0.1) is 23.6 Å². The highest BCUT2D eigenvalue weighted by molar-refractivity contribution is 5.90. The number of hydrogen-bond acceptors (Lipinski definition) is 6. The van der Waals surface area contributed by atoms with Crippen molar-refractivity contribution in [3.05, 3.63) is 69.8 Å². The van der Waals surface area contributed by atoms with Gasteiger partial charge < -0.3 is 14.8 Å². The lowest BCUT2D eigenvalue weighted by Gasteiger charge is -2.21. The predicted octanol–water partition coefficient (Wildman–Crippen LogP) is 3.81. The fourth-order valence-corrected chi connectivity index (χ4v) is 2.83. The minimum Gasteiger partial charge on any atom is -0.474 e. The monoisotopic (exact) mass is 400 g/mol. The Balaban J connectivity index is 2.16. The Kier molecular flexibility index (Phi) is 7.70. The molecule has 154 valence electrons. The van der Waals surface area contributed by atoms with Crippen molar-refractivity contribution in [2.75, 3.05) is 7.11 Å². The van der Waals surface area contributed by atoms with Crippen molar-refractivity contribution in [3.63, 3.8) is 0 Å². The van der Waals surface area contributed by atoms with E-state index in [1.165, 1.54) is 26.2 Å². The molecule has 1 amide bonds. The molecule has 1 N–H and O–H groups in total. The molecule has 0 bridgehead atoms. The first kappa shape index (κ1) is 21.9. The molecule has 2 aromatic rings. The lowest BCUT2D eigenvalue weighted by Crippen LogP contribution is -2.38. The topological polar surface area (TPSA) is 108 Å². The molecule has 0 unspecified atom stereocenters. The number of ether oxygens (including phenoxy) is 2. The van der Waals surface area contributed by atoms with E-state index in [1.54, 1.807) is 0 Å². The number of rotatable bonds is 9. The first-order chi connectivity index (χ1) is 13.9. The highest BCUT2D eigenvalue weighted by Gasteiger charge is 2.25. The molecule has 0 spiro atoms. The summed E-state index contributed by atoms with van der Waals surface area (Å²) in [7, 11) is 1.18. The second-order valence-corrected chi connectivity index (χ2v) is 6.45. The number of methoxy groups -OCH3 is 1. The van der Waals surface area contributed by atoms with Gasteiger partial charge in [0.25, 0.3) is 5.91 Å². The average Bonchev–Trinajstić information content (AvgIpc) is 2.73. The zero-order valence-corrected chi connectivity index (χ0v) is 16.6. The van der Waals surface area contributed by atoms with Crippen molar-refractivity contribution in [2.24, 2.45) is 0 Å². The van der Waals surface area contributed by atoms with Crippen LogP contribution in [0.4, 0.5) is 5.69 Å². The molecule has 2 rings (SSSR count). The van der Waals surface area contributed by atoms with E-state index in [9.17, 15) is 19.7 Å². The number of benzene rings is 2. The Morgan fingerprint density at radius 3 is 2.45 bits per heavy atom. The number of nitro groups is 1. The van der Waals surface area contributed by atoms with Crippen molar-refractivity contribution in [1.29, 1.82) is 0 Å². The summed E-state index contributed by atoms with van der Waals surface area (Å²) in [6.45, 7) is 3.54. The third-order valence-electron chi connectivity index (χ3n) is 4.35. The van der Waals surface area contributed by atoms with Gasteiger partial charge in [0.15, 0.2) is 11.9 Å². The summed E-state index contributed by atoms with van der Waals surface area (Å²) in [6, 6.07) is 13.1. The summed E-state index contributed by atoms with van der Waals surface area (Å²) in [4.78, 5) is 34.9. The van der Waals surface area contributed by atoms with Crippen LogP contribution in [0.3, 0.4) is 0 Å². The van der Waals surface area contributed by atoms with Gasteiger partial charge in [-0.3, -0.25) is 14.9 Å². The van der Waals surface area contributed by atoms with Gasteiger partial charge in [-0.05, 0) is 31.0 Å². The van der Waals surface area contributed by atoms with Crippen LogP contribution in [0.2, 0.25) is 0 Å². The first-order valence-corrected chi connectivity index (χ1v) is 9.26. The number of nitrogens with one attached hydrogen (secondary N) is 1. The second-order valence-electron chi connectivity index (χ2n) is 6.45. The van der Waals surface area contributed by atoms with Gasteiger partial charge in [0, 0.05) is 6.07 Å². The molecule has 8 nitrogen and oxygen atoms in total. The molecular formula is C21H24N2O6. The van der Waals surface area contributed by atoms with Crippen LogP contribution in [0.15, 0.2) is 48.5 Å². The molecule has 29 heavy (non-hydrogen) atoms. The summed E-state index contributed by atoms with van der Waals surface area (Å²) in [5.41, 5.74) is 0.583. The number of amides is 1. The molecule has 0 aliphatic carbocycles. The Bertz CT molecular complexity index is 869. The number of esters is 1. The molecule has 2 atom stereocenters. The molecular weight excluding hydrogens is 376 g/mol. The van der Waals surface area contributed by atoms with Gasteiger partial charge in [-0.2, -0.15) is 0 Å². The van der Waals surface area contributed by atoms with Crippen LogP contribution < -0.4 is 10.1 Å². The number of nitro benzene ring substituents is 1. The molecule has 0 fully saturated rings. The number of nitrogens with zero attached hydrogens (tertiary/aromatic N) is 1. The Morgan fingerprint density at radius 1 is 1.17 bits per heavy atom. The minimum atomic E-state index is -0.972. The van der Waals surface area contributed by atoms with Gasteiger partial charge in [-0.1, -0.05) is 43.7 Å². The van der Waals surface area contributed by atoms with Crippen molar-refractivity contribution in [3.8, 4) is 5.75 Å². The summed E-state index contributed by atoms with van der Waals surface area (Å²) >= 11 is 0. The molecule has 8 heteroatoms. The maximum Gasteiger partial charge on any atom is 0.338 e. The standard InChI is InChI=1S/C21H24N2O6/c1-4-8-17(15-9-6-5-7-10-15)22-20(24)14(2)29-19-12-11-16(21(25)28-3)13-18(19)23(26)27/h5-7,9-14,17H,4,8H2,1-3H3,(H,22,24)/t14-,17-/m1/s1. The number of carbonyl (C=O) groups is 2. The second kappa shape index (κ2) is 10.2. The maximum absolute atomic E-state index is 12.6. The highest BCUT2D eigenvalue weighted by Crippen LogP contribution is 2.29. The van der Waals surface area contributed by atoms with Crippen LogP contribution >= 0.6 is 0 Å². The van der Waals surface area contributed by atoms with E-state index in [0.717, 1.165) is 24.5 Å². The fourth-order valence-electron chi connectivity index (χ4n) is 2.83. The van der Waals surface area contributed by atoms with Gasteiger partial charge in [0.1, 0.15) is 0 Å². The highest BCUT2D eigenvalue weighted by atomic mass is 16.6. The summed E-state index contributed by atoms with van der Waals surface area (Å²) in [6.07, 6.45) is 0.646. The third-order valence-corrected chi connectivity index (χ3v) is 4.35. The Hall–Kier alpha value is -3.42.